The topological polar surface area (TPSA) is 24.9 Å². The highest BCUT2D eigenvalue weighted by atomic mass is 32.1. The third-order valence-electron chi connectivity index (χ3n) is 4.13. The average Bonchev–Trinajstić information content (AvgIpc) is 3.01. The van der Waals surface area contributed by atoms with E-state index in [-0.39, 0.29) is 5.56 Å². The van der Waals surface area contributed by atoms with Crippen LogP contribution in [0.3, 0.4) is 0 Å². The smallest absolute Gasteiger partial charge is 0.131 e. The third-order valence-corrected chi connectivity index (χ3v) is 5.35. The van der Waals surface area contributed by atoms with E-state index < -0.39 is 17.7 Å². The first-order chi connectivity index (χ1) is 10.2. The molecule has 0 radical (unpaired) electrons. The second-order valence-corrected chi connectivity index (χ2v) is 6.90. The van der Waals surface area contributed by atoms with Crippen LogP contribution in [0.2, 0.25) is 0 Å². The molecule has 2 aliphatic rings. The van der Waals surface area contributed by atoms with Crippen molar-refractivity contribution in [2.45, 2.75) is 44.2 Å². The number of benzene rings is 1. The van der Waals surface area contributed by atoms with Gasteiger partial charge in [0.05, 0.1) is 11.7 Å². The zero-order valence-corrected chi connectivity index (χ0v) is 12.4. The minimum absolute atomic E-state index is 0.108. The fourth-order valence-corrected chi connectivity index (χ4v) is 4.11. The molecule has 110 valence electrons. The molecular formula is C16H16F2N2S. The monoisotopic (exact) mass is 306 g/mol. The normalized spacial score (nSPS) is 18.8. The minimum atomic E-state index is -0.497. The summed E-state index contributed by atoms with van der Waals surface area (Å²) in [4.78, 5) is 5.94. The van der Waals surface area contributed by atoms with Crippen molar-refractivity contribution in [3.8, 4) is 0 Å². The maximum atomic E-state index is 14.2. The van der Waals surface area contributed by atoms with Gasteiger partial charge in [-0.1, -0.05) is 6.07 Å². The van der Waals surface area contributed by atoms with Crippen LogP contribution in [0.4, 0.5) is 8.78 Å². The van der Waals surface area contributed by atoms with Crippen molar-refractivity contribution in [2.24, 2.45) is 0 Å². The molecule has 5 heteroatoms. The maximum Gasteiger partial charge on any atom is 0.131 e. The van der Waals surface area contributed by atoms with Crippen LogP contribution < -0.4 is 5.32 Å². The maximum absolute atomic E-state index is 14.2. The highest BCUT2D eigenvalue weighted by Crippen LogP contribution is 2.36. The quantitative estimate of drug-likeness (QED) is 0.930. The molecule has 1 atom stereocenters. The fraction of sp³-hybridized carbons (Fsp3) is 0.438. The summed E-state index contributed by atoms with van der Waals surface area (Å²) in [5.41, 5.74) is 1.23. The molecule has 1 heterocycles. The van der Waals surface area contributed by atoms with Gasteiger partial charge in [0, 0.05) is 16.5 Å². The summed E-state index contributed by atoms with van der Waals surface area (Å²) < 4.78 is 28.3. The van der Waals surface area contributed by atoms with E-state index in [1.165, 1.54) is 23.1 Å². The summed E-state index contributed by atoms with van der Waals surface area (Å²) in [6, 6.07) is 3.94. The Hall–Kier alpha value is -1.33. The van der Waals surface area contributed by atoms with Gasteiger partial charge in [0.15, 0.2) is 0 Å². The van der Waals surface area contributed by atoms with E-state index in [1.54, 1.807) is 11.3 Å². The first-order valence-electron chi connectivity index (χ1n) is 7.41. The predicted octanol–water partition coefficient (Wildman–Crippen LogP) is 3.75. The molecule has 0 spiro atoms. The van der Waals surface area contributed by atoms with Gasteiger partial charge in [0.25, 0.3) is 0 Å². The lowest BCUT2D eigenvalue weighted by Crippen LogP contribution is -2.26. The second kappa shape index (κ2) is 5.14. The van der Waals surface area contributed by atoms with Gasteiger partial charge in [-0.05, 0) is 44.2 Å². The molecule has 1 aromatic heterocycles. The highest BCUT2D eigenvalue weighted by Gasteiger charge is 2.32. The van der Waals surface area contributed by atoms with Gasteiger partial charge in [0.2, 0.25) is 0 Å². The van der Waals surface area contributed by atoms with Crippen LogP contribution >= 0.6 is 11.3 Å². The summed E-state index contributed by atoms with van der Waals surface area (Å²) in [6.07, 6.45) is 5.31. The van der Waals surface area contributed by atoms with E-state index >= 15 is 0 Å². The largest absolute Gasteiger partial charge is 0.301 e. The molecule has 1 unspecified atom stereocenters. The highest BCUT2D eigenvalue weighted by molar-refractivity contribution is 7.11. The second-order valence-electron chi connectivity index (χ2n) is 5.78. The lowest BCUT2D eigenvalue weighted by molar-refractivity contribution is 0.500. The molecule has 0 amide bonds. The number of halogens is 2. The van der Waals surface area contributed by atoms with Crippen LogP contribution in [0.15, 0.2) is 18.2 Å². The van der Waals surface area contributed by atoms with Crippen LogP contribution in [0.5, 0.6) is 0 Å². The van der Waals surface area contributed by atoms with Gasteiger partial charge in [0.1, 0.15) is 16.6 Å². The number of aryl methyl sites for hydroxylation is 2. The van der Waals surface area contributed by atoms with E-state index in [0.717, 1.165) is 42.8 Å². The number of rotatable bonds is 4. The molecule has 4 rings (SSSR count). The van der Waals surface area contributed by atoms with Gasteiger partial charge in [-0.3, -0.25) is 0 Å². The zero-order chi connectivity index (χ0) is 14.4. The average molecular weight is 306 g/mol. The molecule has 1 saturated carbocycles. The first-order valence-corrected chi connectivity index (χ1v) is 8.22. The van der Waals surface area contributed by atoms with Crippen molar-refractivity contribution in [1.29, 1.82) is 0 Å². The fourth-order valence-electron chi connectivity index (χ4n) is 2.88. The zero-order valence-electron chi connectivity index (χ0n) is 11.5. The number of nitrogens with zero attached hydrogens (tertiary/aromatic N) is 1. The van der Waals surface area contributed by atoms with Gasteiger partial charge in [-0.25, -0.2) is 13.8 Å². The Bertz CT molecular complexity index is 637. The Kier molecular flexibility index (Phi) is 3.27. The van der Waals surface area contributed by atoms with Crippen LogP contribution in [-0.2, 0) is 12.8 Å². The molecule has 2 aliphatic carbocycles. The van der Waals surface area contributed by atoms with E-state index in [9.17, 15) is 8.78 Å². The molecule has 0 bridgehead atoms. The molecule has 1 aromatic carbocycles. The predicted molar refractivity (Wildman–Crippen MR) is 78.5 cm³/mol. The Balaban J connectivity index is 1.76. The van der Waals surface area contributed by atoms with Crippen molar-refractivity contribution in [1.82, 2.24) is 10.3 Å². The number of aromatic nitrogens is 1. The summed E-state index contributed by atoms with van der Waals surface area (Å²) in [6.45, 7) is 0. The summed E-state index contributed by atoms with van der Waals surface area (Å²) >= 11 is 1.61. The number of thiazole rings is 1. The summed E-state index contributed by atoms with van der Waals surface area (Å²) in [5, 5.41) is 4.16. The number of hydrogen-bond acceptors (Lipinski definition) is 3. The van der Waals surface area contributed by atoms with Gasteiger partial charge in [-0.2, -0.15) is 0 Å². The van der Waals surface area contributed by atoms with Crippen molar-refractivity contribution in [3.05, 3.63) is 51.0 Å². The van der Waals surface area contributed by atoms with Crippen LogP contribution in [0, 0.1) is 11.6 Å². The summed E-state index contributed by atoms with van der Waals surface area (Å²) in [7, 11) is 0. The molecule has 0 saturated heterocycles. The van der Waals surface area contributed by atoms with E-state index in [2.05, 4.69) is 10.3 Å². The molecule has 2 nitrogen and oxygen atoms in total. The lowest BCUT2D eigenvalue weighted by Gasteiger charge is -2.18. The van der Waals surface area contributed by atoms with Crippen molar-refractivity contribution >= 4 is 11.3 Å². The van der Waals surface area contributed by atoms with Crippen LogP contribution in [0.1, 0.15) is 46.4 Å². The lowest BCUT2D eigenvalue weighted by atomic mass is 10.1. The van der Waals surface area contributed by atoms with E-state index in [4.69, 9.17) is 0 Å². The van der Waals surface area contributed by atoms with Crippen LogP contribution in [0.25, 0.3) is 0 Å². The minimum Gasteiger partial charge on any atom is -0.301 e. The molecule has 2 aromatic rings. The molecular weight excluding hydrogens is 290 g/mol. The Morgan fingerprint density at radius 2 is 1.95 bits per heavy atom. The molecule has 1 N–H and O–H groups in total. The van der Waals surface area contributed by atoms with Crippen molar-refractivity contribution in [2.75, 3.05) is 0 Å². The van der Waals surface area contributed by atoms with E-state index in [0.29, 0.717) is 6.04 Å². The van der Waals surface area contributed by atoms with Gasteiger partial charge >= 0.3 is 0 Å². The Morgan fingerprint density at radius 3 is 2.62 bits per heavy atom. The number of nitrogens with one attached hydrogen (secondary N) is 1. The van der Waals surface area contributed by atoms with Gasteiger partial charge in [-0.15, -0.1) is 11.3 Å². The summed E-state index contributed by atoms with van der Waals surface area (Å²) in [5.74, 6) is -0.994. The number of hydrogen-bond donors (Lipinski definition) is 1. The van der Waals surface area contributed by atoms with E-state index in [1.807, 2.05) is 0 Å². The third kappa shape index (κ3) is 2.49. The first kappa shape index (κ1) is 13.3. The van der Waals surface area contributed by atoms with Crippen LogP contribution in [-0.4, -0.2) is 11.0 Å². The molecule has 21 heavy (non-hydrogen) atoms. The molecule has 0 aliphatic heterocycles. The van der Waals surface area contributed by atoms with Crippen molar-refractivity contribution < 1.29 is 8.78 Å². The van der Waals surface area contributed by atoms with Crippen molar-refractivity contribution in [3.63, 3.8) is 0 Å². The Morgan fingerprint density at radius 1 is 1.19 bits per heavy atom. The number of fused-ring (bicyclic) bond motifs is 1. The Labute approximate surface area is 126 Å². The standard InChI is InChI=1S/C16H16F2N2S/c17-10-3-1-4-11(18)14(10)15(19-9-7-8-9)16-20-12-5-2-6-13(12)21-16/h1,3-4,9,15,19H,2,5-8H2. The molecule has 1 fully saturated rings. The van der Waals surface area contributed by atoms with Gasteiger partial charge < -0.3 is 5.32 Å². The SMILES string of the molecule is Fc1cccc(F)c1C(NC1CC1)c1nc2c(s1)CCC2.